The van der Waals surface area contributed by atoms with Crippen LogP contribution >= 0.6 is 0 Å². The van der Waals surface area contributed by atoms with Crippen LogP contribution in [0.3, 0.4) is 0 Å². The van der Waals surface area contributed by atoms with Gasteiger partial charge in [0.05, 0.1) is 0 Å². The van der Waals surface area contributed by atoms with Crippen molar-refractivity contribution in [1.82, 2.24) is 5.32 Å². The lowest BCUT2D eigenvalue weighted by atomic mass is 10.1. The van der Waals surface area contributed by atoms with Crippen LogP contribution in [0.4, 0.5) is 0 Å². The Morgan fingerprint density at radius 2 is 1.91 bits per heavy atom. The Hall–Kier alpha value is -2.75. The number of carbonyl (C=O) groups is 1. The molecule has 4 heteroatoms. The zero-order chi connectivity index (χ0) is 15.5. The molecule has 0 aliphatic rings. The SMILES string of the molecule is Cc1ccc2cc(C(=O)NCCc3ccc(O)cc3)oc2c1. The lowest BCUT2D eigenvalue weighted by Gasteiger charge is -2.03. The van der Waals surface area contributed by atoms with Crippen LogP contribution in [0.25, 0.3) is 11.0 Å². The molecule has 0 spiro atoms. The summed E-state index contributed by atoms with van der Waals surface area (Å²) >= 11 is 0. The molecule has 0 aliphatic heterocycles. The third-order valence-electron chi connectivity index (χ3n) is 3.53. The first-order valence-corrected chi connectivity index (χ1v) is 7.18. The Kier molecular flexibility index (Phi) is 3.83. The molecule has 112 valence electrons. The lowest BCUT2D eigenvalue weighted by Crippen LogP contribution is -2.25. The molecule has 4 nitrogen and oxygen atoms in total. The number of nitrogens with one attached hydrogen (secondary N) is 1. The van der Waals surface area contributed by atoms with Crippen LogP contribution in [-0.2, 0) is 6.42 Å². The summed E-state index contributed by atoms with van der Waals surface area (Å²) in [4.78, 5) is 12.1. The van der Waals surface area contributed by atoms with Gasteiger partial charge in [-0.1, -0.05) is 24.3 Å². The monoisotopic (exact) mass is 295 g/mol. The van der Waals surface area contributed by atoms with Crippen molar-refractivity contribution in [2.75, 3.05) is 6.54 Å². The molecule has 22 heavy (non-hydrogen) atoms. The number of rotatable bonds is 4. The van der Waals surface area contributed by atoms with Crippen molar-refractivity contribution in [3.05, 3.63) is 65.4 Å². The minimum Gasteiger partial charge on any atom is -0.508 e. The summed E-state index contributed by atoms with van der Waals surface area (Å²) in [5.41, 5.74) is 2.88. The number of aromatic hydroxyl groups is 1. The normalized spacial score (nSPS) is 10.8. The first-order valence-electron chi connectivity index (χ1n) is 7.18. The second-order valence-electron chi connectivity index (χ2n) is 5.32. The van der Waals surface area contributed by atoms with Gasteiger partial charge in [0.25, 0.3) is 5.91 Å². The molecule has 3 rings (SSSR count). The van der Waals surface area contributed by atoms with Gasteiger partial charge in [-0.15, -0.1) is 0 Å². The Labute approximate surface area is 128 Å². The number of hydrogen-bond acceptors (Lipinski definition) is 3. The van der Waals surface area contributed by atoms with E-state index in [4.69, 9.17) is 4.42 Å². The predicted molar refractivity (Wildman–Crippen MR) is 85.1 cm³/mol. The number of benzene rings is 2. The maximum atomic E-state index is 12.1. The van der Waals surface area contributed by atoms with Crippen LogP contribution in [0, 0.1) is 6.92 Å². The maximum Gasteiger partial charge on any atom is 0.287 e. The van der Waals surface area contributed by atoms with Crippen molar-refractivity contribution in [2.45, 2.75) is 13.3 Å². The molecule has 2 N–H and O–H groups in total. The molecule has 1 aromatic heterocycles. The average molecular weight is 295 g/mol. The minimum absolute atomic E-state index is 0.215. The van der Waals surface area contributed by atoms with Gasteiger partial charge in [0, 0.05) is 11.9 Å². The molecular formula is C18H17NO3. The van der Waals surface area contributed by atoms with E-state index in [1.54, 1.807) is 18.2 Å². The van der Waals surface area contributed by atoms with E-state index < -0.39 is 0 Å². The van der Waals surface area contributed by atoms with Gasteiger partial charge in [0.2, 0.25) is 0 Å². The number of phenolic OH excluding ortho intramolecular Hbond substituents is 1. The molecule has 0 unspecified atom stereocenters. The third-order valence-corrected chi connectivity index (χ3v) is 3.53. The summed E-state index contributed by atoms with van der Waals surface area (Å²) in [5, 5.41) is 13.0. The molecule has 1 heterocycles. The molecule has 3 aromatic rings. The number of amides is 1. The van der Waals surface area contributed by atoms with Crippen molar-refractivity contribution in [3.63, 3.8) is 0 Å². The first kappa shape index (κ1) is 14.2. The fraction of sp³-hybridized carbons (Fsp3) is 0.167. The summed E-state index contributed by atoms with van der Waals surface area (Å²) < 4.78 is 5.58. The second-order valence-corrected chi connectivity index (χ2v) is 5.32. The van der Waals surface area contributed by atoms with Gasteiger partial charge in [-0.3, -0.25) is 4.79 Å². The van der Waals surface area contributed by atoms with Crippen molar-refractivity contribution in [1.29, 1.82) is 0 Å². The van der Waals surface area contributed by atoms with Crippen LogP contribution in [0.1, 0.15) is 21.7 Å². The first-order chi connectivity index (χ1) is 10.6. The highest BCUT2D eigenvalue weighted by Crippen LogP contribution is 2.20. The zero-order valence-electron chi connectivity index (χ0n) is 12.3. The van der Waals surface area contributed by atoms with E-state index in [2.05, 4.69) is 5.32 Å². The van der Waals surface area contributed by atoms with E-state index in [9.17, 15) is 9.90 Å². The summed E-state index contributed by atoms with van der Waals surface area (Å²) in [6.07, 6.45) is 0.700. The van der Waals surface area contributed by atoms with E-state index in [0.29, 0.717) is 18.7 Å². The largest absolute Gasteiger partial charge is 0.508 e. The van der Waals surface area contributed by atoms with E-state index in [0.717, 1.165) is 22.1 Å². The number of fused-ring (bicyclic) bond motifs is 1. The molecule has 0 radical (unpaired) electrons. The van der Waals surface area contributed by atoms with Crippen LogP contribution in [0.2, 0.25) is 0 Å². The second kappa shape index (κ2) is 5.93. The fourth-order valence-electron chi connectivity index (χ4n) is 2.32. The lowest BCUT2D eigenvalue weighted by molar-refractivity contribution is 0.0928. The van der Waals surface area contributed by atoms with Crippen LogP contribution in [-0.4, -0.2) is 17.6 Å². The summed E-state index contributed by atoms with van der Waals surface area (Å²) in [6.45, 7) is 2.50. The number of aryl methyl sites for hydroxylation is 1. The Balaban J connectivity index is 1.62. The minimum atomic E-state index is -0.215. The highest BCUT2D eigenvalue weighted by atomic mass is 16.3. The average Bonchev–Trinajstić information content (AvgIpc) is 2.92. The van der Waals surface area contributed by atoms with Crippen LogP contribution in [0.15, 0.2) is 52.9 Å². The van der Waals surface area contributed by atoms with Crippen molar-refractivity contribution in [2.24, 2.45) is 0 Å². The highest BCUT2D eigenvalue weighted by molar-refractivity contribution is 5.96. The smallest absolute Gasteiger partial charge is 0.287 e. The van der Waals surface area contributed by atoms with Crippen molar-refractivity contribution < 1.29 is 14.3 Å². The van der Waals surface area contributed by atoms with Crippen molar-refractivity contribution >= 4 is 16.9 Å². The molecular weight excluding hydrogens is 278 g/mol. The van der Waals surface area contributed by atoms with E-state index in [-0.39, 0.29) is 11.7 Å². The van der Waals surface area contributed by atoms with Crippen molar-refractivity contribution in [3.8, 4) is 5.75 Å². The summed E-state index contributed by atoms with van der Waals surface area (Å²) in [5.74, 6) is 0.351. The Morgan fingerprint density at radius 3 is 2.68 bits per heavy atom. The highest BCUT2D eigenvalue weighted by Gasteiger charge is 2.11. The fourth-order valence-corrected chi connectivity index (χ4v) is 2.32. The number of hydrogen-bond donors (Lipinski definition) is 2. The number of carbonyl (C=O) groups excluding carboxylic acids is 1. The number of furan rings is 1. The maximum absolute atomic E-state index is 12.1. The molecule has 0 fully saturated rings. The molecule has 0 aliphatic carbocycles. The summed E-state index contributed by atoms with van der Waals surface area (Å²) in [6, 6.07) is 14.6. The van der Waals surface area contributed by atoms with E-state index in [1.807, 2.05) is 37.3 Å². The topological polar surface area (TPSA) is 62.5 Å². The zero-order valence-corrected chi connectivity index (χ0v) is 12.3. The van der Waals surface area contributed by atoms with Gasteiger partial charge in [0.1, 0.15) is 11.3 Å². The molecule has 0 atom stereocenters. The molecule has 0 saturated carbocycles. The molecule has 1 amide bonds. The van der Waals surface area contributed by atoms with Gasteiger partial charge in [-0.05, 0) is 48.7 Å². The molecule has 0 bridgehead atoms. The van der Waals surface area contributed by atoms with E-state index >= 15 is 0 Å². The predicted octanol–water partition coefficient (Wildman–Crippen LogP) is 3.42. The van der Waals surface area contributed by atoms with Crippen LogP contribution < -0.4 is 5.32 Å². The van der Waals surface area contributed by atoms with Gasteiger partial charge in [-0.25, -0.2) is 0 Å². The standard InChI is InChI=1S/C18H17NO3/c1-12-2-5-14-11-17(22-16(14)10-12)18(21)19-9-8-13-3-6-15(20)7-4-13/h2-7,10-11,20H,8-9H2,1H3,(H,19,21). The third kappa shape index (κ3) is 3.11. The van der Waals surface area contributed by atoms with Gasteiger partial charge in [0.15, 0.2) is 5.76 Å². The Bertz CT molecular complexity index is 803. The van der Waals surface area contributed by atoms with Crippen LogP contribution in [0.5, 0.6) is 5.75 Å². The molecule has 0 saturated heterocycles. The quantitative estimate of drug-likeness (QED) is 0.775. The summed E-state index contributed by atoms with van der Waals surface area (Å²) in [7, 11) is 0. The number of phenols is 1. The Morgan fingerprint density at radius 1 is 1.14 bits per heavy atom. The molecule has 2 aromatic carbocycles. The van der Waals surface area contributed by atoms with Gasteiger partial charge >= 0.3 is 0 Å². The van der Waals surface area contributed by atoms with Gasteiger partial charge in [-0.2, -0.15) is 0 Å². The van der Waals surface area contributed by atoms with Gasteiger partial charge < -0.3 is 14.8 Å². The van der Waals surface area contributed by atoms with E-state index in [1.165, 1.54) is 0 Å².